The number of hydrogen-bond acceptors (Lipinski definition) is 4. The van der Waals surface area contributed by atoms with Crippen LogP contribution in [0.2, 0.25) is 0 Å². The smallest absolute Gasteiger partial charge is 0.105 e. The highest BCUT2D eigenvalue weighted by molar-refractivity contribution is 5.05. The van der Waals surface area contributed by atoms with E-state index >= 15 is 0 Å². The summed E-state index contributed by atoms with van der Waals surface area (Å²) in [6.07, 6.45) is 3.29. The molecule has 3 unspecified atom stereocenters. The Morgan fingerprint density at radius 2 is 2.10 bits per heavy atom. The Morgan fingerprint density at radius 3 is 2.65 bits per heavy atom. The van der Waals surface area contributed by atoms with Crippen LogP contribution in [0.15, 0.2) is 0 Å². The van der Waals surface area contributed by atoms with Crippen LogP contribution in [0.25, 0.3) is 0 Å². The van der Waals surface area contributed by atoms with Gasteiger partial charge < -0.3 is 4.90 Å². The normalized spacial score (nSPS) is 26.5. The van der Waals surface area contributed by atoms with Crippen molar-refractivity contribution in [2.75, 3.05) is 33.2 Å². The van der Waals surface area contributed by atoms with Crippen LogP contribution < -0.4 is 5.32 Å². The monoisotopic (exact) mass is 280 g/mol. The average Bonchev–Trinajstić information content (AvgIpc) is 2.60. The molecule has 0 aromatic rings. The summed E-state index contributed by atoms with van der Waals surface area (Å²) in [5.74, 6) is 0. The summed E-state index contributed by atoms with van der Waals surface area (Å²) in [5, 5.41) is 12.8. The second kappa shape index (κ2) is 7.97. The SMILES string of the molecule is CCNC(C)(C#N)CC(C)N1CCCN(C)CC1CC. The molecule has 0 aromatic carbocycles. The average molecular weight is 280 g/mol. The fraction of sp³-hybridized carbons (Fsp3) is 0.938. The van der Waals surface area contributed by atoms with Crippen LogP contribution in [0.4, 0.5) is 0 Å². The highest BCUT2D eigenvalue weighted by Crippen LogP contribution is 2.21. The number of nitrogens with one attached hydrogen (secondary N) is 1. The van der Waals surface area contributed by atoms with Gasteiger partial charge in [-0.2, -0.15) is 5.26 Å². The van der Waals surface area contributed by atoms with E-state index in [1.807, 2.05) is 6.92 Å². The van der Waals surface area contributed by atoms with Gasteiger partial charge in [-0.25, -0.2) is 0 Å². The summed E-state index contributed by atoms with van der Waals surface area (Å²) in [5.41, 5.74) is -0.412. The summed E-state index contributed by atoms with van der Waals surface area (Å²) in [6.45, 7) is 13.0. The number of rotatable bonds is 6. The lowest BCUT2D eigenvalue weighted by Gasteiger charge is -2.38. The van der Waals surface area contributed by atoms with Crippen LogP contribution >= 0.6 is 0 Å². The molecule has 0 saturated carbocycles. The number of likely N-dealkylation sites (N-methyl/N-ethyl adjacent to an activating group) is 1. The molecule has 1 saturated heterocycles. The number of hydrogen-bond donors (Lipinski definition) is 1. The predicted octanol–water partition coefficient (Wildman–Crippen LogP) is 2.07. The molecule has 1 fully saturated rings. The molecule has 1 heterocycles. The van der Waals surface area contributed by atoms with Crippen molar-refractivity contribution in [3.63, 3.8) is 0 Å². The summed E-state index contributed by atoms with van der Waals surface area (Å²) in [4.78, 5) is 5.06. The lowest BCUT2D eigenvalue weighted by Crippen LogP contribution is -2.50. The maximum atomic E-state index is 9.45. The van der Waals surface area contributed by atoms with Gasteiger partial charge in [0.15, 0.2) is 0 Å². The van der Waals surface area contributed by atoms with E-state index < -0.39 is 5.54 Å². The van der Waals surface area contributed by atoms with Gasteiger partial charge in [-0.1, -0.05) is 13.8 Å². The van der Waals surface area contributed by atoms with Crippen molar-refractivity contribution in [3.8, 4) is 6.07 Å². The van der Waals surface area contributed by atoms with E-state index in [9.17, 15) is 5.26 Å². The van der Waals surface area contributed by atoms with Crippen molar-refractivity contribution in [3.05, 3.63) is 0 Å². The quantitative estimate of drug-likeness (QED) is 0.809. The maximum Gasteiger partial charge on any atom is 0.105 e. The number of nitrogens with zero attached hydrogens (tertiary/aromatic N) is 3. The van der Waals surface area contributed by atoms with Crippen molar-refractivity contribution in [2.45, 2.75) is 64.6 Å². The molecule has 0 radical (unpaired) electrons. The van der Waals surface area contributed by atoms with Crippen LogP contribution in [-0.2, 0) is 0 Å². The molecule has 1 aliphatic heterocycles. The lowest BCUT2D eigenvalue weighted by atomic mass is 9.93. The van der Waals surface area contributed by atoms with Gasteiger partial charge in [-0.15, -0.1) is 0 Å². The van der Waals surface area contributed by atoms with E-state index in [-0.39, 0.29) is 0 Å². The number of nitriles is 1. The van der Waals surface area contributed by atoms with E-state index in [2.05, 4.69) is 49.0 Å². The van der Waals surface area contributed by atoms with Gasteiger partial charge in [0.05, 0.1) is 6.07 Å². The van der Waals surface area contributed by atoms with Gasteiger partial charge in [0.2, 0.25) is 0 Å². The first kappa shape index (κ1) is 17.4. The molecule has 0 bridgehead atoms. The molecule has 0 spiro atoms. The minimum absolute atomic E-state index is 0.412. The van der Waals surface area contributed by atoms with E-state index in [0.717, 1.165) is 26.1 Å². The Morgan fingerprint density at radius 1 is 1.40 bits per heavy atom. The van der Waals surface area contributed by atoms with Gasteiger partial charge in [-0.05, 0) is 59.8 Å². The summed E-state index contributed by atoms with van der Waals surface area (Å²) >= 11 is 0. The van der Waals surface area contributed by atoms with Crippen molar-refractivity contribution in [1.82, 2.24) is 15.1 Å². The van der Waals surface area contributed by atoms with Crippen LogP contribution in [-0.4, -0.2) is 60.6 Å². The topological polar surface area (TPSA) is 42.3 Å². The summed E-state index contributed by atoms with van der Waals surface area (Å²) < 4.78 is 0. The minimum Gasteiger partial charge on any atom is -0.305 e. The van der Waals surface area contributed by atoms with Gasteiger partial charge in [0, 0.05) is 18.6 Å². The Hall–Kier alpha value is -0.630. The molecule has 0 aromatic heterocycles. The fourth-order valence-corrected chi connectivity index (χ4v) is 3.46. The molecule has 3 atom stereocenters. The molecule has 0 amide bonds. The largest absolute Gasteiger partial charge is 0.305 e. The highest BCUT2D eigenvalue weighted by Gasteiger charge is 2.31. The van der Waals surface area contributed by atoms with Crippen molar-refractivity contribution < 1.29 is 0 Å². The van der Waals surface area contributed by atoms with E-state index in [1.165, 1.54) is 19.4 Å². The molecule has 1 aliphatic rings. The third-order valence-electron chi connectivity index (χ3n) is 4.50. The first-order valence-corrected chi connectivity index (χ1v) is 8.06. The van der Waals surface area contributed by atoms with Crippen molar-refractivity contribution in [1.29, 1.82) is 5.26 Å². The highest BCUT2D eigenvalue weighted by atomic mass is 15.2. The minimum atomic E-state index is -0.412. The lowest BCUT2D eigenvalue weighted by molar-refractivity contribution is 0.118. The predicted molar refractivity (Wildman–Crippen MR) is 84.7 cm³/mol. The molecule has 20 heavy (non-hydrogen) atoms. The van der Waals surface area contributed by atoms with E-state index in [0.29, 0.717) is 12.1 Å². The second-order valence-electron chi connectivity index (χ2n) is 6.44. The molecule has 116 valence electrons. The molecule has 1 rings (SSSR count). The van der Waals surface area contributed by atoms with Gasteiger partial charge in [-0.3, -0.25) is 10.2 Å². The third kappa shape index (κ3) is 4.73. The second-order valence-corrected chi connectivity index (χ2v) is 6.44. The molecular formula is C16H32N4. The summed E-state index contributed by atoms with van der Waals surface area (Å²) in [6, 6.07) is 3.51. The van der Waals surface area contributed by atoms with Crippen LogP contribution in [0.1, 0.15) is 47.0 Å². The van der Waals surface area contributed by atoms with Crippen LogP contribution in [0, 0.1) is 11.3 Å². The van der Waals surface area contributed by atoms with Gasteiger partial charge >= 0.3 is 0 Å². The summed E-state index contributed by atoms with van der Waals surface area (Å²) in [7, 11) is 2.22. The molecule has 0 aliphatic carbocycles. The standard InChI is InChI=1S/C16H32N4/c1-6-15-12-19(5)9-8-10-20(15)14(3)11-16(4,13-17)18-7-2/h14-15,18H,6-12H2,1-5H3. The molecule has 4 heteroatoms. The first-order valence-electron chi connectivity index (χ1n) is 8.06. The van der Waals surface area contributed by atoms with Crippen molar-refractivity contribution in [2.24, 2.45) is 0 Å². The van der Waals surface area contributed by atoms with Crippen LogP contribution in [0.3, 0.4) is 0 Å². The maximum absolute atomic E-state index is 9.45. The molecule has 4 nitrogen and oxygen atoms in total. The zero-order valence-electron chi connectivity index (χ0n) is 13.9. The third-order valence-corrected chi connectivity index (χ3v) is 4.50. The zero-order chi connectivity index (χ0) is 15.2. The van der Waals surface area contributed by atoms with E-state index in [4.69, 9.17) is 0 Å². The Labute approximate surface area is 125 Å². The Balaban J connectivity index is 2.73. The van der Waals surface area contributed by atoms with Gasteiger partial charge in [0.1, 0.15) is 5.54 Å². The Bertz CT molecular complexity index is 325. The zero-order valence-corrected chi connectivity index (χ0v) is 13.9. The fourth-order valence-electron chi connectivity index (χ4n) is 3.46. The van der Waals surface area contributed by atoms with Gasteiger partial charge in [0.25, 0.3) is 0 Å². The molecule has 1 N–H and O–H groups in total. The Kier molecular flexibility index (Phi) is 6.94. The van der Waals surface area contributed by atoms with Crippen LogP contribution in [0.5, 0.6) is 0 Å². The van der Waals surface area contributed by atoms with E-state index in [1.54, 1.807) is 0 Å². The van der Waals surface area contributed by atoms with Crippen molar-refractivity contribution >= 4 is 0 Å². The first-order chi connectivity index (χ1) is 9.45. The molecular weight excluding hydrogens is 248 g/mol.